The number of esters is 1. The van der Waals surface area contributed by atoms with E-state index in [9.17, 15) is 4.79 Å². The molecule has 0 bridgehead atoms. The molecule has 2 heterocycles. The lowest BCUT2D eigenvalue weighted by molar-refractivity contribution is -0.144. The summed E-state index contributed by atoms with van der Waals surface area (Å²) in [7, 11) is 0. The van der Waals surface area contributed by atoms with Crippen LogP contribution in [0.1, 0.15) is 12.5 Å². The van der Waals surface area contributed by atoms with Crippen LogP contribution in [0.4, 0.5) is 0 Å². The van der Waals surface area contributed by atoms with Gasteiger partial charge in [0.1, 0.15) is 46.0 Å². The molecule has 0 saturated heterocycles. The third-order valence-corrected chi connectivity index (χ3v) is 5.51. The van der Waals surface area contributed by atoms with Gasteiger partial charge in [0, 0.05) is 0 Å². The van der Waals surface area contributed by atoms with E-state index in [2.05, 4.69) is 13.5 Å². The molecule has 23 heavy (non-hydrogen) atoms. The van der Waals surface area contributed by atoms with Crippen molar-refractivity contribution in [3.8, 4) is 0 Å². The fourth-order valence-electron chi connectivity index (χ4n) is 2.12. The van der Waals surface area contributed by atoms with E-state index in [1.54, 1.807) is 6.92 Å². The predicted octanol–water partition coefficient (Wildman–Crippen LogP) is 2.16. The van der Waals surface area contributed by atoms with Gasteiger partial charge in [-0.2, -0.15) is 0 Å². The summed E-state index contributed by atoms with van der Waals surface area (Å²) in [4.78, 5) is 15.2. The molecule has 122 valence electrons. The van der Waals surface area contributed by atoms with Crippen molar-refractivity contribution >= 4 is 44.8 Å². The second-order valence-corrected chi connectivity index (χ2v) is 7.91. The van der Waals surface area contributed by atoms with Gasteiger partial charge in [-0.1, -0.05) is 41.9 Å². The van der Waals surface area contributed by atoms with Gasteiger partial charge in [-0.05, 0) is 12.5 Å². The molecular weight excluding hydrogens is 433 g/mol. The van der Waals surface area contributed by atoms with Crippen LogP contribution in [0.15, 0.2) is 50.0 Å². The number of guanidine groups is 1. The quantitative estimate of drug-likeness (QED) is 0.243. The zero-order valence-electron chi connectivity index (χ0n) is 12.3. The van der Waals surface area contributed by atoms with Crippen molar-refractivity contribution in [3.63, 3.8) is 0 Å². The van der Waals surface area contributed by atoms with E-state index in [1.165, 1.54) is 0 Å². The molecule has 0 radical (unpaired) electrons. The summed E-state index contributed by atoms with van der Waals surface area (Å²) in [5.74, 6) is 0.543. The zero-order chi connectivity index (χ0) is 16.4. The van der Waals surface area contributed by atoms with E-state index in [0.717, 1.165) is 5.56 Å². The first-order valence-corrected chi connectivity index (χ1v) is 9.15. The van der Waals surface area contributed by atoms with Gasteiger partial charge in [0.05, 0.1) is 0 Å². The number of benzene rings is 1. The lowest BCUT2D eigenvalue weighted by Gasteiger charge is -2.27. The fourth-order valence-corrected chi connectivity index (χ4v) is 4.66. The first-order valence-electron chi connectivity index (χ1n) is 6.84. The van der Waals surface area contributed by atoms with Crippen molar-refractivity contribution < 1.29 is 9.53 Å². The number of nitrogens with two attached hydrogens (primary N) is 1. The van der Waals surface area contributed by atoms with Crippen LogP contribution in [0, 0.1) is 0 Å². The number of hydrogen-bond acceptors (Lipinski definition) is 7. The Morgan fingerprint density at radius 1 is 1.48 bits per heavy atom. The van der Waals surface area contributed by atoms with Gasteiger partial charge in [0.25, 0.3) is 0 Å². The molecule has 3 rings (SSSR count). The Balaban J connectivity index is 1.62. The molecular formula is C14H15ClIN5O2. The Morgan fingerprint density at radius 2 is 2.22 bits per heavy atom. The summed E-state index contributed by atoms with van der Waals surface area (Å²) in [5, 5.41) is 2.94. The minimum Gasteiger partial charge on any atom is -0.459 e. The molecule has 0 saturated carbocycles. The molecule has 0 aliphatic carbocycles. The predicted molar refractivity (Wildman–Crippen MR) is 95.4 cm³/mol. The minimum atomic E-state index is -0.993. The van der Waals surface area contributed by atoms with Gasteiger partial charge in [0.15, 0.2) is 11.0 Å². The molecule has 0 amide bonds. The summed E-state index contributed by atoms with van der Waals surface area (Å²) in [6, 6.07) is 9.54. The first-order chi connectivity index (χ1) is 11.0. The molecule has 0 spiro atoms. The van der Waals surface area contributed by atoms with Crippen LogP contribution >= 0.6 is 32.9 Å². The lowest BCUT2D eigenvalue weighted by Crippen LogP contribution is -2.44. The second kappa shape index (κ2) is 6.44. The van der Waals surface area contributed by atoms with Crippen LogP contribution in [0.5, 0.6) is 0 Å². The zero-order valence-corrected chi connectivity index (χ0v) is 15.2. The highest BCUT2D eigenvalue weighted by molar-refractivity contribution is 14.1. The van der Waals surface area contributed by atoms with Gasteiger partial charge >= 0.3 is 5.97 Å². The molecule has 9 heteroatoms. The van der Waals surface area contributed by atoms with E-state index in [0.29, 0.717) is 11.5 Å². The number of halogens is 2. The molecule has 1 aromatic rings. The van der Waals surface area contributed by atoms with E-state index in [-0.39, 0.29) is 25.1 Å². The summed E-state index contributed by atoms with van der Waals surface area (Å²) < 4.78 is 11.6. The Labute approximate surface area is 149 Å². The van der Waals surface area contributed by atoms with Crippen molar-refractivity contribution in [1.82, 2.24) is 8.43 Å². The SMILES string of the molecule is CC1(Cl)N=C(N)NC2=C1N=IN2CC(=O)OCc1ccccc1. The largest absolute Gasteiger partial charge is 0.459 e. The average molecular weight is 448 g/mol. The van der Waals surface area contributed by atoms with Crippen molar-refractivity contribution in [2.45, 2.75) is 18.5 Å². The molecule has 2 aliphatic rings. The maximum Gasteiger partial charge on any atom is 0.326 e. The molecule has 1 atom stereocenters. The van der Waals surface area contributed by atoms with E-state index in [1.807, 2.05) is 33.4 Å². The molecule has 1 aromatic carbocycles. The Hall–Kier alpha value is -1.68. The average Bonchev–Trinajstić information content (AvgIpc) is 2.89. The smallest absolute Gasteiger partial charge is 0.326 e. The third kappa shape index (κ3) is 3.63. The van der Waals surface area contributed by atoms with Gasteiger partial charge in [-0.3, -0.25) is 7.91 Å². The van der Waals surface area contributed by atoms with Crippen LogP contribution in [0.3, 0.4) is 0 Å². The third-order valence-electron chi connectivity index (χ3n) is 3.20. The number of hydrogen-bond donors (Lipinski definition) is 2. The van der Waals surface area contributed by atoms with E-state index in [4.69, 9.17) is 22.1 Å². The summed E-state index contributed by atoms with van der Waals surface area (Å²) >= 11 is 5.58. The van der Waals surface area contributed by atoms with E-state index >= 15 is 0 Å². The van der Waals surface area contributed by atoms with Crippen LogP contribution in [0.2, 0.25) is 0 Å². The highest BCUT2D eigenvalue weighted by Gasteiger charge is 2.38. The molecule has 0 fully saturated rings. The number of ether oxygens (including phenoxy) is 1. The maximum absolute atomic E-state index is 12.1. The van der Waals surface area contributed by atoms with Crippen molar-refractivity contribution in [2.75, 3.05) is 6.54 Å². The highest BCUT2D eigenvalue weighted by Crippen LogP contribution is 2.41. The van der Waals surface area contributed by atoms with Crippen LogP contribution in [-0.4, -0.2) is 26.6 Å². The number of nitrogens with one attached hydrogen (secondary N) is 1. The van der Waals surface area contributed by atoms with Crippen LogP contribution in [0.25, 0.3) is 0 Å². The molecule has 3 N–H and O–H groups in total. The normalized spacial score (nSPS) is 22.9. The second-order valence-electron chi connectivity index (χ2n) is 5.10. The van der Waals surface area contributed by atoms with Gasteiger partial charge in [-0.15, -0.1) is 0 Å². The molecule has 0 aromatic heterocycles. The van der Waals surface area contributed by atoms with Crippen molar-refractivity contribution in [1.29, 1.82) is 0 Å². The van der Waals surface area contributed by atoms with Gasteiger partial charge in [0.2, 0.25) is 0 Å². The van der Waals surface area contributed by atoms with Crippen LogP contribution in [-0.2, 0) is 16.1 Å². The van der Waals surface area contributed by atoms with Crippen molar-refractivity contribution in [3.05, 3.63) is 47.4 Å². The topological polar surface area (TPSA) is 92.3 Å². The van der Waals surface area contributed by atoms with E-state index < -0.39 is 26.3 Å². The highest BCUT2D eigenvalue weighted by atomic mass is 127. The number of aliphatic imine (C=N–C) groups is 1. The Kier molecular flexibility index (Phi) is 4.53. The standard InChI is InChI=1S/C14H15ClIN5O2/c1-14(15)11-12(18-13(17)19-14)21(16-20-11)7-10(22)23-8-9-5-3-2-4-6-9/h2-6H,7-8H2,1H3,(H3,17,18,19). The molecule has 2 aliphatic heterocycles. The lowest BCUT2D eigenvalue weighted by atomic mass is 10.2. The van der Waals surface area contributed by atoms with Gasteiger partial charge < -0.3 is 15.8 Å². The van der Waals surface area contributed by atoms with Gasteiger partial charge in [-0.25, -0.2) is 8.14 Å². The number of rotatable bonds is 4. The molecule has 7 nitrogen and oxygen atoms in total. The molecule has 1 unspecified atom stereocenters. The maximum atomic E-state index is 12.1. The number of carbonyl (C=O) groups is 1. The van der Waals surface area contributed by atoms with Crippen LogP contribution < -0.4 is 11.1 Å². The number of carbonyl (C=O) groups excluding carboxylic acids is 1. The number of alkyl halides is 1. The first kappa shape index (κ1) is 16.2. The summed E-state index contributed by atoms with van der Waals surface area (Å²) in [6.45, 7) is 2.08. The van der Waals surface area contributed by atoms with Crippen molar-refractivity contribution in [2.24, 2.45) is 13.9 Å². The summed E-state index contributed by atoms with van der Waals surface area (Å²) in [6.07, 6.45) is 0. The minimum absolute atomic E-state index is 0.107. The Morgan fingerprint density at radius 3 is 2.96 bits per heavy atom. The summed E-state index contributed by atoms with van der Waals surface area (Å²) in [5.41, 5.74) is 7.31. The number of nitrogens with zero attached hydrogens (tertiary/aromatic N) is 3. The Bertz CT molecular complexity index is 717. The monoisotopic (exact) mass is 447 g/mol. The fraction of sp³-hybridized carbons (Fsp3) is 0.286.